The second kappa shape index (κ2) is 5.14. The monoisotopic (exact) mass is 259 g/mol. The summed E-state index contributed by atoms with van der Waals surface area (Å²) in [6, 6.07) is -1.00. The largest absolute Gasteiger partial charge is 0.480 e. The van der Waals surface area contributed by atoms with Gasteiger partial charge in [-0.1, -0.05) is 6.92 Å². The zero-order chi connectivity index (χ0) is 14.0. The van der Waals surface area contributed by atoms with Crippen LogP contribution in [-0.2, 0) is 14.3 Å². The molecule has 0 radical (unpaired) electrons. The van der Waals surface area contributed by atoms with Crippen LogP contribution in [0, 0.1) is 5.41 Å². The highest BCUT2D eigenvalue weighted by atomic mass is 16.6. The van der Waals surface area contributed by atoms with E-state index in [1.54, 1.807) is 27.7 Å². The lowest BCUT2D eigenvalue weighted by atomic mass is 9.81. The molecule has 6 heteroatoms. The van der Waals surface area contributed by atoms with Crippen molar-refractivity contribution < 1.29 is 24.2 Å². The Balaban J connectivity index is 2.70. The second-order valence-electron chi connectivity index (χ2n) is 5.87. The summed E-state index contributed by atoms with van der Waals surface area (Å²) in [6.45, 7) is 7.79. The van der Waals surface area contributed by atoms with E-state index in [4.69, 9.17) is 9.47 Å². The summed E-state index contributed by atoms with van der Waals surface area (Å²) in [5.74, 6) is -1.08. The van der Waals surface area contributed by atoms with Crippen LogP contribution in [-0.4, -0.2) is 42.0 Å². The van der Waals surface area contributed by atoms with Gasteiger partial charge in [-0.3, -0.25) is 0 Å². The van der Waals surface area contributed by atoms with Crippen LogP contribution in [0.2, 0.25) is 0 Å². The molecule has 1 aliphatic rings. The van der Waals surface area contributed by atoms with Crippen LogP contribution >= 0.6 is 0 Å². The molecule has 0 aromatic carbocycles. The zero-order valence-electron chi connectivity index (χ0n) is 11.3. The molecule has 2 N–H and O–H groups in total. The van der Waals surface area contributed by atoms with Crippen LogP contribution in [0.3, 0.4) is 0 Å². The zero-order valence-corrected chi connectivity index (χ0v) is 11.3. The van der Waals surface area contributed by atoms with E-state index in [2.05, 4.69) is 5.32 Å². The van der Waals surface area contributed by atoms with Gasteiger partial charge in [0.15, 0.2) is 0 Å². The van der Waals surface area contributed by atoms with Crippen molar-refractivity contribution in [1.82, 2.24) is 5.32 Å². The predicted octanol–water partition coefficient (Wildman–Crippen LogP) is 1.39. The van der Waals surface area contributed by atoms with Gasteiger partial charge in [0.2, 0.25) is 0 Å². The minimum Gasteiger partial charge on any atom is -0.480 e. The van der Waals surface area contributed by atoms with E-state index in [-0.39, 0.29) is 0 Å². The topological polar surface area (TPSA) is 84.9 Å². The Hall–Kier alpha value is -1.30. The number of aliphatic carboxylic acids is 1. The van der Waals surface area contributed by atoms with Gasteiger partial charge in [-0.25, -0.2) is 9.59 Å². The molecular weight excluding hydrogens is 238 g/mol. The number of nitrogens with one attached hydrogen (secondary N) is 1. The van der Waals surface area contributed by atoms with Gasteiger partial charge in [0.1, 0.15) is 11.6 Å². The molecule has 104 valence electrons. The smallest absolute Gasteiger partial charge is 0.408 e. The van der Waals surface area contributed by atoms with Gasteiger partial charge in [0.25, 0.3) is 0 Å². The third-order valence-corrected chi connectivity index (χ3v) is 2.85. The third-order valence-electron chi connectivity index (χ3n) is 2.85. The Bertz CT molecular complexity index is 328. The lowest BCUT2D eigenvalue weighted by Crippen LogP contribution is -2.52. The van der Waals surface area contributed by atoms with Gasteiger partial charge in [0.05, 0.1) is 6.61 Å². The van der Waals surface area contributed by atoms with Gasteiger partial charge in [0, 0.05) is 12.0 Å². The standard InChI is InChI=1S/C12H21NO5/c1-11(2,3)18-10(16)13-8(9(14)15)12(4)5-6-17-7-12/h8H,5-7H2,1-4H3,(H,13,16)(H,14,15). The molecular formula is C12H21NO5. The molecule has 2 atom stereocenters. The number of carbonyl (C=O) groups excluding carboxylic acids is 1. The Morgan fingerprint density at radius 2 is 2.06 bits per heavy atom. The molecule has 1 heterocycles. The Kier molecular flexibility index (Phi) is 4.21. The number of carboxylic acid groups (broad SMARTS) is 1. The molecule has 1 rings (SSSR count). The molecule has 1 amide bonds. The Morgan fingerprint density at radius 1 is 1.44 bits per heavy atom. The summed E-state index contributed by atoms with van der Waals surface area (Å²) >= 11 is 0. The van der Waals surface area contributed by atoms with E-state index in [0.29, 0.717) is 19.6 Å². The number of ether oxygens (including phenoxy) is 2. The molecule has 0 aromatic heterocycles. The summed E-state index contributed by atoms with van der Waals surface area (Å²) in [6.07, 6.45) is -0.122. The maximum Gasteiger partial charge on any atom is 0.408 e. The summed E-state index contributed by atoms with van der Waals surface area (Å²) in [4.78, 5) is 22.9. The molecule has 1 fully saturated rings. The summed E-state index contributed by atoms with van der Waals surface area (Å²) in [5, 5.41) is 11.6. The van der Waals surface area contributed by atoms with E-state index in [1.165, 1.54) is 0 Å². The van der Waals surface area contributed by atoms with E-state index < -0.39 is 29.1 Å². The van der Waals surface area contributed by atoms with Crippen molar-refractivity contribution in [2.45, 2.75) is 45.8 Å². The number of alkyl carbamates (subject to hydrolysis) is 1. The van der Waals surface area contributed by atoms with Crippen molar-refractivity contribution in [3.8, 4) is 0 Å². The van der Waals surface area contributed by atoms with Crippen LogP contribution in [0.25, 0.3) is 0 Å². The fourth-order valence-electron chi connectivity index (χ4n) is 1.87. The number of hydrogen-bond donors (Lipinski definition) is 2. The summed E-state index contributed by atoms with van der Waals surface area (Å²) < 4.78 is 10.3. The maximum atomic E-state index is 11.6. The number of amides is 1. The number of hydrogen-bond acceptors (Lipinski definition) is 4. The van der Waals surface area contributed by atoms with Crippen LogP contribution in [0.5, 0.6) is 0 Å². The third kappa shape index (κ3) is 3.87. The molecule has 0 spiro atoms. The molecule has 0 aliphatic carbocycles. The Labute approximate surface area is 107 Å². The highest BCUT2D eigenvalue weighted by Gasteiger charge is 2.43. The Morgan fingerprint density at radius 3 is 2.44 bits per heavy atom. The first kappa shape index (κ1) is 14.8. The van der Waals surface area contributed by atoms with Gasteiger partial charge in [-0.2, -0.15) is 0 Å². The fourth-order valence-corrected chi connectivity index (χ4v) is 1.87. The first-order valence-electron chi connectivity index (χ1n) is 5.94. The molecule has 0 saturated carbocycles. The van der Waals surface area contributed by atoms with Crippen molar-refractivity contribution in [1.29, 1.82) is 0 Å². The molecule has 2 unspecified atom stereocenters. The van der Waals surface area contributed by atoms with Gasteiger partial charge in [-0.15, -0.1) is 0 Å². The SMILES string of the molecule is CC(C)(C)OC(=O)NC(C(=O)O)C1(C)CCOC1. The van der Waals surface area contributed by atoms with Crippen molar-refractivity contribution in [2.75, 3.05) is 13.2 Å². The fraction of sp³-hybridized carbons (Fsp3) is 0.833. The molecule has 1 saturated heterocycles. The first-order chi connectivity index (χ1) is 8.14. The average Bonchev–Trinajstić information content (AvgIpc) is 2.59. The van der Waals surface area contributed by atoms with Gasteiger partial charge in [-0.05, 0) is 27.2 Å². The normalized spacial score (nSPS) is 25.6. The number of carbonyl (C=O) groups is 2. The number of rotatable bonds is 3. The van der Waals surface area contributed by atoms with Crippen molar-refractivity contribution in [2.24, 2.45) is 5.41 Å². The second-order valence-corrected chi connectivity index (χ2v) is 5.87. The average molecular weight is 259 g/mol. The van der Waals surface area contributed by atoms with Gasteiger partial charge >= 0.3 is 12.1 Å². The van der Waals surface area contributed by atoms with E-state index in [0.717, 1.165) is 0 Å². The van der Waals surface area contributed by atoms with E-state index in [9.17, 15) is 14.7 Å². The molecule has 0 bridgehead atoms. The predicted molar refractivity (Wildman–Crippen MR) is 64.3 cm³/mol. The number of carboxylic acids is 1. The van der Waals surface area contributed by atoms with Crippen LogP contribution < -0.4 is 5.32 Å². The maximum absolute atomic E-state index is 11.6. The molecule has 0 aromatic rings. The van der Waals surface area contributed by atoms with E-state index in [1.807, 2.05) is 0 Å². The van der Waals surface area contributed by atoms with Crippen molar-refractivity contribution >= 4 is 12.1 Å². The minimum atomic E-state index is -1.08. The van der Waals surface area contributed by atoms with Gasteiger partial charge < -0.3 is 19.9 Å². The lowest BCUT2D eigenvalue weighted by molar-refractivity contribution is -0.143. The molecule has 18 heavy (non-hydrogen) atoms. The van der Waals surface area contributed by atoms with Crippen molar-refractivity contribution in [3.05, 3.63) is 0 Å². The van der Waals surface area contributed by atoms with Crippen LogP contribution in [0.1, 0.15) is 34.1 Å². The van der Waals surface area contributed by atoms with E-state index >= 15 is 0 Å². The summed E-state index contributed by atoms with van der Waals surface area (Å²) in [5.41, 5.74) is -1.25. The quantitative estimate of drug-likeness (QED) is 0.800. The molecule has 6 nitrogen and oxygen atoms in total. The first-order valence-corrected chi connectivity index (χ1v) is 5.94. The molecule has 1 aliphatic heterocycles. The highest BCUT2D eigenvalue weighted by Crippen LogP contribution is 2.32. The minimum absolute atomic E-state index is 0.319. The van der Waals surface area contributed by atoms with Crippen LogP contribution in [0.15, 0.2) is 0 Å². The lowest BCUT2D eigenvalue weighted by Gasteiger charge is -2.30. The van der Waals surface area contributed by atoms with Crippen molar-refractivity contribution in [3.63, 3.8) is 0 Å². The summed E-state index contributed by atoms with van der Waals surface area (Å²) in [7, 11) is 0. The van der Waals surface area contributed by atoms with Crippen LogP contribution in [0.4, 0.5) is 4.79 Å². The highest BCUT2D eigenvalue weighted by molar-refractivity contribution is 5.81.